The Morgan fingerprint density at radius 1 is 1.05 bits per heavy atom. The molecule has 1 unspecified atom stereocenters. The molecular weight excluding hydrogens is 575 g/mol. The van der Waals surface area contributed by atoms with E-state index in [1.165, 1.54) is 6.20 Å². The molecule has 226 valence electrons. The summed E-state index contributed by atoms with van der Waals surface area (Å²) in [6.07, 6.45) is 2.82. The van der Waals surface area contributed by atoms with E-state index in [9.17, 15) is 9.67 Å². The summed E-state index contributed by atoms with van der Waals surface area (Å²) in [5.41, 5.74) is 8.16. The Morgan fingerprint density at radius 3 is 2.43 bits per heavy atom. The third kappa shape index (κ3) is 7.16. The lowest BCUT2D eigenvalue weighted by Gasteiger charge is -2.43. The normalized spacial score (nSPS) is 18.1. The van der Waals surface area contributed by atoms with Gasteiger partial charge in [0.2, 0.25) is 5.95 Å². The van der Waals surface area contributed by atoms with Crippen LogP contribution in [0.15, 0.2) is 48.7 Å². The fraction of sp³-hybridized carbons (Fsp3) is 0.448. The molecule has 0 bridgehead atoms. The number of para-hydroxylation sites is 1. The van der Waals surface area contributed by atoms with Crippen LogP contribution >= 0.6 is 18.7 Å². The number of nitrogens with one attached hydrogen (secondary N) is 2. The van der Waals surface area contributed by atoms with Crippen LogP contribution in [0.25, 0.3) is 0 Å². The number of methoxy groups -OCH3 is 1. The Hall–Kier alpha value is -2.92. The fourth-order valence-electron chi connectivity index (χ4n) is 5.65. The molecule has 1 aromatic heterocycles. The zero-order chi connectivity index (χ0) is 29.9. The number of aliphatic hydroxyl groups is 1. The quantitative estimate of drug-likeness (QED) is 0.208. The predicted molar refractivity (Wildman–Crippen MR) is 171 cm³/mol. The first-order chi connectivity index (χ1) is 20.1. The first-order valence-corrected chi connectivity index (χ1v) is 17.2. The maximum absolute atomic E-state index is 12.8. The minimum Gasteiger partial charge on any atom is -0.494 e. The van der Waals surface area contributed by atoms with Crippen LogP contribution in [0.1, 0.15) is 12.8 Å². The molecule has 1 atom stereocenters. The van der Waals surface area contributed by atoms with Gasteiger partial charge in [0.05, 0.1) is 24.7 Å². The maximum Gasteiger partial charge on any atom is 0.229 e. The number of rotatable bonds is 9. The number of ether oxygens (including phenoxy) is 1. The number of aliphatic hydroxyl groups excluding tert-OH is 1. The van der Waals surface area contributed by atoms with Gasteiger partial charge in [0, 0.05) is 62.4 Å². The summed E-state index contributed by atoms with van der Waals surface area (Å²) in [6, 6.07) is 14.1. The first-order valence-electron chi connectivity index (χ1n) is 14.2. The zero-order valence-corrected chi connectivity index (χ0v) is 26.0. The Morgan fingerprint density at radius 2 is 1.76 bits per heavy atom. The Bertz CT molecular complexity index is 1420. The molecule has 2 fully saturated rings. The smallest absolute Gasteiger partial charge is 0.229 e. The van der Waals surface area contributed by atoms with E-state index in [1.54, 1.807) is 20.4 Å². The van der Waals surface area contributed by atoms with Crippen LogP contribution in [0.4, 0.5) is 28.8 Å². The van der Waals surface area contributed by atoms with E-state index in [-0.39, 0.29) is 0 Å². The van der Waals surface area contributed by atoms with Crippen molar-refractivity contribution >= 4 is 52.9 Å². The summed E-state index contributed by atoms with van der Waals surface area (Å²) in [4.78, 5) is 15.8. The van der Waals surface area contributed by atoms with E-state index in [4.69, 9.17) is 22.1 Å². The van der Waals surface area contributed by atoms with E-state index < -0.39 is 13.5 Å². The molecule has 42 heavy (non-hydrogen) atoms. The van der Waals surface area contributed by atoms with Crippen molar-refractivity contribution < 1.29 is 14.4 Å². The molecule has 3 heterocycles. The maximum atomic E-state index is 12.8. The van der Waals surface area contributed by atoms with Crippen molar-refractivity contribution in [2.75, 3.05) is 75.2 Å². The van der Waals surface area contributed by atoms with Gasteiger partial charge in [0.25, 0.3) is 0 Å². The van der Waals surface area contributed by atoms with Crippen LogP contribution in [0.2, 0.25) is 5.02 Å². The summed E-state index contributed by atoms with van der Waals surface area (Å²) < 4.78 is 18.5. The summed E-state index contributed by atoms with van der Waals surface area (Å²) in [5.74, 6) is 1.45. The monoisotopic (exact) mass is 614 g/mol. The number of aromatic nitrogens is 2. The van der Waals surface area contributed by atoms with Crippen molar-refractivity contribution in [2.45, 2.75) is 25.2 Å². The topological polar surface area (TPSA) is 132 Å². The number of anilines is 5. The number of hydrogen-bond donors (Lipinski definition) is 4. The molecule has 0 amide bonds. The van der Waals surface area contributed by atoms with Crippen molar-refractivity contribution in [3.8, 4) is 5.75 Å². The van der Waals surface area contributed by atoms with E-state index in [0.29, 0.717) is 34.3 Å². The van der Waals surface area contributed by atoms with Crippen LogP contribution < -0.4 is 31.3 Å². The molecule has 2 aliphatic heterocycles. The summed E-state index contributed by atoms with van der Waals surface area (Å²) in [6.45, 7) is 8.84. The van der Waals surface area contributed by atoms with E-state index >= 15 is 0 Å². The molecule has 2 saturated heterocycles. The Kier molecular flexibility index (Phi) is 9.57. The lowest BCUT2D eigenvalue weighted by molar-refractivity contribution is -0.0302. The predicted octanol–water partition coefficient (Wildman–Crippen LogP) is 3.69. The molecule has 0 spiro atoms. The van der Waals surface area contributed by atoms with E-state index in [0.717, 1.165) is 68.8 Å². The fourth-order valence-corrected chi connectivity index (χ4v) is 6.94. The van der Waals surface area contributed by atoms with Crippen molar-refractivity contribution in [1.29, 1.82) is 0 Å². The third-order valence-corrected chi connectivity index (χ3v) is 9.81. The van der Waals surface area contributed by atoms with Gasteiger partial charge < -0.3 is 29.9 Å². The van der Waals surface area contributed by atoms with Crippen molar-refractivity contribution in [1.82, 2.24) is 19.8 Å². The second-order valence-electron chi connectivity index (χ2n) is 11.1. The number of hydrogen-bond acceptors (Lipinski definition) is 11. The van der Waals surface area contributed by atoms with Crippen LogP contribution in [0, 0.1) is 0 Å². The summed E-state index contributed by atoms with van der Waals surface area (Å²) >= 11 is 6.42. The minimum atomic E-state index is -2.52. The van der Waals surface area contributed by atoms with Crippen molar-refractivity contribution in [3.63, 3.8) is 0 Å². The van der Waals surface area contributed by atoms with Gasteiger partial charge in [0.15, 0.2) is 12.2 Å². The molecule has 3 aromatic rings. The molecule has 13 heteroatoms. The molecule has 0 radical (unpaired) electrons. The number of nitrogens with zero attached hydrogens (tertiary/aromatic N) is 5. The highest BCUT2D eigenvalue weighted by Crippen LogP contribution is 2.39. The number of piperidine rings is 1. The molecule has 2 aromatic carbocycles. The SMILES string of the molecule is COc1cc(N2CCC(N3CCN(C(N)O)CC3)CC2)ccc1Nc1ncc(Cl)c(Nc2ccccc2P(C)(C)=O)n1. The average molecular weight is 615 g/mol. The molecule has 5 N–H and O–H groups in total. The molecule has 0 saturated carbocycles. The number of benzene rings is 2. The largest absolute Gasteiger partial charge is 0.494 e. The Labute approximate surface area is 252 Å². The van der Waals surface area contributed by atoms with Crippen molar-refractivity contribution in [2.24, 2.45) is 5.73 Å². The van der Waals surface area contributed by atoms with E-state index in [1.807, 2.05) is 41.3 Å². The number of halogens is 1. The highest BCUT2D eigenvalue weighted by atomic mass is 35.5. The van der Waals surface area contributed by atoms with Gasteiger partial charge in [-0.15, -0.1) is 0 Å². The van der Waals surface area contributed by atoms with Gasteiger partial charge in [-0.05, 0) is 50.4 Å². The van der Waals surface area contributed by atoms with E-state index in [2.05, 4.69) is 36.5 Å². The highest BCUT2D eigenvalue weighted by molar-refractivity contribution is 7.70. The van der Waals surface area contributed by atoms with Gasteiger partial charge in [-0.2, -0.15) is 4.98 Å². The molecular formula is C29H40ClN8O3P. The van der Waals surface area contributed by atoms with Gasteiger partial charge in [-0.1, -0.05) is 23.7 Å². The Balaban J connectivity index is 1.24. The van der Waals surface area contributed by atoms with Crippen LogP contribution in [0.3, 0.4) is 0 Å². The van der Waals surface area contributed by atoms with Crippen LogP contribution in [0.5, 0.6) is 5.75 Å². The van der Waals surface area contributed by atoms with Crippen LogP contribution in [-0.4, -0.2) is 97.0 Å². The summed E-state index contributed by atoms with van der Waals surface area (Å²) in [5, 5.41) is 17.2. The lowest BCUT2D eigenvalue weighted by Crippen LogP contribution is -2.56. The minimum absolute atomic E-state index is 0.349. The molecule has 11 nitrogen and oxygen atoms in total. The van der Waals surface area contributed by atoms with Crippen molar-refractivity contribution in [3.05, 3.63) is 53.7 Å². The second kappa shape index (κ2) is 13.2. The summed E-state index contributed by atoms with van der Waals surface area (Å²) in [7, 11) is -0.872. The van der Waals surface area contributed by atoms with Gasteiger partial charge >= 0.3 is 0 Å². The molecule has 0 aliphatic carbocycles. The zero-order valence-electron chi connectivity index (χ0n) is 24.3. The second-order valence-corrected chi connectivity index (χ2v) is 14.7. The van der Waals surface area contributed by atoms with Gasteiger partial charge in [-0.25, -0.2) is 4.98 Å². The lowest BCUT2D eigenvalue weighted by atomic mass is 10.0. The van der Waals surface area contributed by atoms with Gasteiger partial charge in [-0.3, -0.25) is 15.5 Å². The average Bonchev–Trinajstić information content (AvgIpc) is 2.99. The molecule has 2 aliphatic rings. The number of nitrogens with two attached hydrogens (primary N) is 1. The first kappa shape index (κ1) is 30.5. The third-order valence-electron chi connectivity index (χ3n) is 7.98. The van der Waals surface area contributed by atoms with Gasteiger partial charge in [0.1, 0.15) is 17.9 Å². The van der Waals surface area contributed by atoms with Crippen LogP contribution in [-0.2, 0) is 4.57 Å². The highest BCUT2D eigenvalue weighted by Gasteiger charge is 2.29. The molecule has 5 rings (SSSR count). The standard InChI is InChI=1S/C29H40ClN8O3P/c1-41-25-18-21(36-12-10-20(11-13-36)37-14-16-38(17-15-37)28(31)39)8-9-23(25)34-29-32-19-22(30)27(35-29)33-24-6-4-5-7-26(24)42(2,3)40/h4-9,18-20,28,39H,10-17,31H2,1-3H3,(H2,32,33,34,35). The number of piperazine rings is 1.